The van der Waals surface area contributed by atoms with E-state index < -0.39 is 0 Å². The van der Waals surface area contributed by atoms with E-state index in [2.05, 4.69) is 38.6 Å². The van der Waals surface area contributed by atoms with Crippen molar-refractivity contribution in [2.45, 2.75) is 161 Å². The Hall–Kier alpha value is -3.61. The zero-order valence-electron chi connectivity index (χ0n) is 35.7. The number of rotatable bonds is 21. The summed E-state index contributed by atoms with van der Waals surface area (Å²) in [7, 11) is 1.77. The lowest BCUT2D eigenvalue weighted by Gasteiger charge is -2.38. The van der Waals surface area contributed by atoms with E-state index in [1.807, 2.05) is 0 Å². The van der Waals surface area contributed by atoms with Crippen LogP contribution in [0.25, 0.3) is 0 Å². The first-order valence-electron chi connectivity index (χ1n) is 22.7. The second-order valence-electron chi connectivity index (χ2n) is 17.1. The van der Waals surface area contributed by atoms with Crippen LogP contribution < -0.4 is 14.2 Å². The number of esters is 2. The Morgan fingerprint density at radius 3 is 1.95 bits per heavy atom. The lowest BCUT2D eigenvalue weighted by molar-refractivity contribution is -0.140. The van der Waals surface area contributed by atoms with Crippen molar-refractivity contribution in [2.75, 3.05) is 20.3 Å². The highest BCUT2D eigenvalue weighted by atomic mass is 16.5. The average Bonchev–Trinajstić information content (AvgIpc) is 3.25. The molecule has 7 heteroatoms. The summed E-state index contributed by atoms with van der Waals surface area (Å²) in [6.07, 6.45) is 29.3. The topological polar surface area (TPSA) is 88.1 Å². The van der Waals surface area contributed by atoms with Gasteiger partial charge in [-0.1, -0.05) is 77.0 Å². The molecule has 2 aromatic rings. The van der Waals surface area contributed by atoms with Crippen molar-refractivity contribution < 1.29 is 33.3 Å². The maximum absolute atomic E-state index is 12.2. The molecule has 0 bridgehead atoms. The minimum Gasteiger partial charge on any atom is -0.496 e. The van der Waals surface area contributed by atoms with E-state index in [4.69, 9.17) is 18.9 Å². The van der Waals surface area contributed by atoms with Crippen molar-refractivity contribution in [3.8, 4) is 17.2 Å². The number of hydrogen-bond donors (Lipinski definition) is 0. The molecule has 5 rings (SSSR count). The Bertz CT molecular complexity index is 1440. The predicted molar refractivity (Wildman–Crippen MR) is 230 cm³/mol. The summed E-state index contributed by atoms with van der Waals surface area (Å²) in [5.41, 5.74) is 2.83. The summed E-state index contributed by atoms with van der Waals surface area (Å²) < 4.78 is 21.5. The van der Waals surface area contributed by atoms with E-state index in [-0.39, 0.29) is 23.8 Å². The van der Waals surface area contributed by atoms with Crippen molar-refractivity contribution in [3.63, 3.8) is 0 Å². The van der Waals surface area contributed by atoms with Crippen LogP contribution in [0.15, 0.2) is 55.1 Å². The molecule has 0 unspecified atom stereocenters. The van der Waals surface area contributed by atoms with Crippen LogP contribution in [0.2, 0.25) is 0 Å². The molecule has 0 N–H and O–H groups in total. The highest BCUT2D eigenvalue weighted by molar-refractivity contribution is 5.81. The molecule has 2 aromatic carbocycles. The van der Waals surface area contributed by atoms with Crippen LogP contribution in [-0.4, -0.2) is 38.5 Å². The Morgan fingerprint density at radius 1 is 0.719 bits per heavy atom. The van der Waals surface area contributed by atoms with Crippen LogP contribution in [0.5, 0.6) is 17.2 Å². The molecule has 7 nitrogen and oxygen atoms in total. The first kappa shape index (κ1) is 46.1. The third kappa shape index (κ3) is 16.6. The van der Waals surface area contributed by atoms with E-state index in [0.717, 1.165) is 80.0 Å². The highest BCUT2D eigenvalue weighted by Gasteiger charge is 2.31. The molecular weight excluding hydrogens is 713 g/mol. The first-order chi connectivity index (χ1) is 27.8. The van der Waals surface area contributed by atoms with Crippen molar-refractivity contribution in [2.24, 2.45) is 29.6 Å². The SMILES string of the molecule is C=CC(=O)OCCCCCCOc1ccc(OC(=O)C2CCC(C=O)CC2)cc1.CCCCCCCC1CCC(C2CCC(c3ccc(OC)c(C)c3)CC2)CC1. The van der Waals surface area contributed by atoms with Gasteiger partial charge in [0.15, 0.2) is 0 Å². The van der Waals surface area contributed by atoms with Crippen LogP contribution in [0, 0.1) is 36.5 Å². The smallest absolute Gasteiger partial charge is 0.330 e. The minimum atomic E-state index is -0.382. The largest absolute Gasteiger partial charge is 0.496 e. The molecule has 316 valence electrons. The number of methoxy groups -OCH3 is 1. The quantitative estimate of drug-likeness (QED) is 0.0409. The normalized spacial score (nSPS) is 23.3. The molecule has 0 aliphatic heterocycles. The molecule has 0 saturated heterocycles. The lowest BCUT2D eigenvalue weighted by Crippen LogP contribution is -2.26. The molecule has 3 saturated carbocycles. The highest BCUT2D eigenvalue weighted by Crippen LogP contribution is 2.45. The summed E-state index contributed by atoms with van der Waals surface area (Å²) in [6, 6.07) is 13.9. The maximum Gasteiger partial charge on any atom is 0.330 e. The fourth-order valence-corrected chi connectivity index (χ4v) is 9.34. The third-order valence-electron chi connectivity index (χ3n) is 13.0. The van der Waals surface area contributed by atoms with Gasteiger partial charge < -0.3 is 23.7 Å². The molecule has 0 aromatic heterocycles. The van der Waals surface area contributed by atoms with Gasteiger partial charge in [-0.2, -0.15) is 0 Å². The maximum atomic E-state index is 12.2. The molecule has 0 amide bonds. The monoisotopic (exact) mass is 787 g/mol. The lowest BCUT2D eigenvalue weighted by atomic mass is 9.68. The molecule has 0 spiro atoms. The molecule has 3 fully saturated rings. The Labute approximate surface area is 345 Å². The van der Waals surface area contributed by atoms with Gasteiger partial charge in [0, 0.05) is 12.0 Å². The van der Waals surface area contributed by atoms with Crippen molar-refractivity contribution in [3.05, 3.63) is 66.2 Å². The summed E-state index contributed by atoms with van der Waals surface area (Å²) in [4.78, 5) is 33.9. The summed E-state index contributed by atoms with van der Waals surface area (Å²) in [5.74, 6) is 5.51. The van der Waals surface area contributed by atoms with Crippen molar-refractivity contribution >= 4 is 18.2 Å². The average molecular weight is 787 g/mol. The zero-order chi connectivity index (χ0) is 40.7. The number of carbonyl (C=O) groups excluding carboxylic acids is 3. The van der Waals surface area contributed by atoms with E-state index in [1.54, 1.807) is 36.9 Å². The molecule has 0 heterocycles. The molecular formula is C50H74O7. The molecule has 3 aliphatic carbocycles. The number of aldehydes is 1. The number of unbranched alkanes of at least 4 members (excludes halogenated alkanes) is 7. The molecule has 3 aliphatic rings. The van der Waals surface area contributed by atoms with Gasteiger partial charge in [-0.25, -0.2) is 4.79 Å². The van der Waals surface area contributed by atoms with Gasteiger partial charge in [-0.05, 0) is 162 Å². The van der Waals surface area contributed by atoms with Gasteiger partial charge >= 0.3 is 11.9 Å². The number of aryl methyl sites for hydroxylation is 1. The van der Waals surface area contributed by atoms with Gasteiger partial charge in [-0.3, -0.25) is 4.79 Å². The Morgan fingerprint density at radius 2 is 1.33 bits per heavy atom. The van der Waals surface area contributed by atoms with Gasteiger partial charge in [0.05, 0.1) is 26.2 Å². The fraction of sp³-hybridized carbons (Fsp3) is 0.660. The second-order valence-corrected chi connectivity index (χ2v) is 17.1. The summed E-state index contributed by atoms with van der Waals surface area (Å²) in [6.45, 7) is 8.86. The Balaban J connectivity index is 0.000000253. The van der Waals surface area contributed by atoms with Crippen LogP contribution >= 0.6 is 0 Å². The summed E-state index contributed by atoms with van der Waals surface area (Å²) in [5, 5.41) is 0. The summed E-state index contributed by atoms with van der Waals surface area (Å²) >= 11 is 0. The zero-order valence-corrected chi connectivity index (χ0v) is 35.7. The first-order valence-corrected chi connectivity index (χ1v) is 22.7. The van der Waals surface area contributed by atoms with Crippen LogP contribution in [-0.2, 0) is 19.1 Å². The van der Waals surface area contributed by atoms with Gasteiger partial charge in [0.25, 0.3) is 0 Å². The fourth-order valence-electron chi connectivity index (χ4n) is 9.34. The predicted octanol–water partition coefficient (Wildman–Crippen LogP) is 12.7. The van der Waals surface area contributed by atoms with Gasteiger partial charge in [0.1, 0.15) is 23.5 Å². The van der Waals surface area contributed by atoms with E-state index >= 15 is 0 Å². The molecule has 57 heavy (non-hydrogen) atoms. The third-order valence-corrected chi connectivity index (χ3v) is 13.0. The van der Waals surface area contributed by atoms with Crippen LogP contribution in [0.3, 0.4) is 0 Å². The standard InChI is InChI=1S/C27H44O.C23H30O6/c1-4-5-6-7-8-9-22-10-12-23(13-11-22)24-14-16-25(17-15-24)26-18-19-27(28-3)21(2)20-26;1-2-22(25)28-16-6-4-3-5-15-27-20-11-13-21(14-12-20)29-23(26)19-9-7-18(17-24)8-10-19/h18-20,22-25H,4-17H2,1-3H3;2,11-14,17-19H,1,3-10,15-16H2. The molecule has 0 radical (unpaired) electrons. The number of benzene rings is 2. The van der Waals surface area contributed by atoms with Crippen molar-refractivity contribution in [1.82, 2.24) is 0 Å². The number of carbonyl (C=O) groups is 3. The van der Waals surface area contributed by atoms with E-state index in [9.17, 15) is 14.4 Å². The van der Waals surface area contributed by atoms with E-state index in [1.165, 1.54) is 102 Å². The number of hydrogen-bond acceptors (Lipinski definition) is 7. The van der Waals surface area contributed by atoms with Crippen LogP contribution in [0.4, 0.5) is 0 Å². The minimum absolute atomic E-state index is 0.0882. The molecule has 0 atom stereocenters. The second kappa shape index (κ2) is 26.4. The van der Waals surface area contributed by atoms with Gasteiger partial charge in [0.2, 0.25) is 0 Å². The van der Waals surface area contributed by atoms with Gasteiger partial charge in [-0.15, -0.1) is 0 Å². The Kier molecular flexibility index (Phi) is 21.3. The van der Waals surface area contributed by atoms with Crippen molar-refractivity contribution in [1.29, 1.82) is 0 Å². The van der Waals surface area contributed by atoms with Crippen LogP contribution in [0.1, 0.15) is 165 Å². The number of ether oxygens (including phenoxy) is 4. The van der Waals surface area contributed by atoms with E-state index in [0.29, 0.717) is 31.8 Å².